The van der Waals surface area contributed by atoms with Gasteiger partial charge in [-0.2, -0.15) is 0 Å². The number of carboxylic acid groups (broad SMARTS) is 1. The van der Waals surface area contributed by atoms with E-state index in [2.05, 4.69) is 10.6 Å². The van der Waals surface area contributed by atoms with Crippen LogP contribution in [-0.4, -0.2) is 23.1 Å². The Kier molecular flexibility index (Phi) is 5.33. The van der Waals surface area contributed by atoms with E-state index < -0.39 is 23.0 Å². The third-order valence-electron chi connectivity index (χ3n) is 5.20. The van der Waals surface area contributed by atoms with Crippen LogP contribution in [0.25, 0.3) is 0 Å². The third-order valence-corrected chi connectivity index (χ3v) is 5.20. The zero-order valence-corrected chi connectivity index (χ0v) is 16.6. The zero-order chi connectivity index (χ0) is 21.2. The second-order valence-electron chi connectivity index (χ2n) is 7.99. The average Bonchev–Trinajstić information content (AvgIpc) is 2.66. The molecule has 0 aromatic heterocycles. The lowest BCUT2D eigenvalue weighted by Gasteiger charge is -2.34. The quantitative estimate of drug-likeness (QED) is 0.717. The van der Waals surface area contributed by atoms with Crippen molar-refractivity contribution >= 4 is 23.7 Å². The monoisotopic (exact) mass is 396 g/mol. The van der Waals surface area contributed by atoms with Crippen molar-refractivity contribution < 1.29 is 24.2 Å². The SMILES string of the molecule is CC1(C)CC(=O)Nc2ccc(C(C)(NC(=O)OCc3ccccc3)C(=O)O)cc21. The van der Waals surface area contributed by atoms with Crippen LogP contribution >= 0.6 is 0 Å². The highest BCUT2D eigenvalue weighted by Gasteiger charge is 2.40. The molecule has 1 heterocycles. The van der Waals surface area contributed by atoms with Gasteiger partial charge in [-0.1, -0.05) is 56.3 Å². The first-order chi connectivity index (χ1) is 13.6. The van der Waals surface area contributed by atoms with Crippen molar-refractivity contribution in [3.05, 3.63) is 65.2 Å². The average molecular weight is 396 g/mol. The van der Waals surface area contributed by atoms with Gasteiger partial charge in [0.05, 0.1) is 0 Å². The molecule has 0 saturated carbocycles. The molecule has 3 N–H and O–H groups in total. The van der Waals surface area contributed by atoms with Gasteiger partial charge >= 0.3 is 12.1 Å². The minimum Gasteiger partial charge on any atom is -0.479 e. The van der Waals surface area contributed by atoms with Crippen LogP contribution in [0.3, 0.4) is 0 Å². The summed E-state index contributed by atoms with van der Waals surface area (Å²) in [5.41, 5.74) is 0.507. The topological polar surface area (TPSA) is 105 Å². The van der Waals surface area contributed by atoms with Gasteiger partial charge < -0.3 is 20.5 Å². The Morgan fingerprint density at radius 1 is 1.21 bits per heavy atom. The maximum absolute atomic E-state index is 12.3. The molecule has 2 aromatic rings. The lowest BCUT2D eigenvalue weighted by Crippen LogP contribution is -2.50. The maximum atomic E-state index is 12.3. The lowest BCUT2D eigenvalue weighted by atomic mass is 9.76. The zero-order valence-electron chi connectivity index (χ0n) is 16.6. The summed E-state index contributed by atoms with van der Waals surface area (Å²) in [7, 11) is 0. The number of anilines is 1. The van der Waals surface area contributed by atoms with Crippen LogP contribution < -0.4 is 10.6 Å². The Labute approximate surface area is 169 Å². The van der Waals surface area contributed by atoms with Crippen LogP contribution in [0.1, 0.15) is 43.9 Å². The Balaban J connectivity index is 1.84. The van der Waals surface area contributed by atoms with E-state index in [1.54, 1.807) is 18.2 Å². The van der Waals surface area contributed by atoms with Gasteiger partial charge in [0.25, 0.3) is 0 Å². The van der Waals surface area contributed by atoms with E-state index in [4.69, 9.17) is 4.74 Å². The molecule has 1 unspecified atom stereocenters. The molecule has 0 bridgehead atoms. The molecule has 0 saturated heterocycles. The molecule has 2 aromatic carbocycles. The van der Waals surface area contributed by atoms with Crippen LogP contribution in [0.5, 0.6) is 0 Å². The highest BCUT2D eigenvalue weighted by atomic mass is 16.5. The van der Waals surface area contributed by atoms with Gasteiger partial charge in [0.1, 0.15) is 6.61 Å². The number of ether oxygens (including phenoxy) is 1. The number of carboxylic acids is 1. The number of aliphatic carboxylic acids is 1. The molecule has 2 amide bonds. The second-order valence-corrected chi connectivity index (χ2v) is 7.99. The van der Waals surface area contributed by atoms with Crippen molar-refractivity contribution in [3.63, 3.8) is 0 Å². The molecule has 152 valence electrons. The number of hydrogen-bond acceptors (Lipinski definition) is 4. The van der Waals surface area contributed by atoms with Gasteiger partial charge in [-0.25, -0.2) is 9.59 Å². The van der Waals surface area contributed by atoms with E-state index in [9.17, 15) is 19.5 Å². The summed E-state index contributed by atoms with van der Waals surface area (Å²) in [5, 5.41) is 15.1. The standard InChI is InChI=1S/C22H24N2O5/c1-21(2)12-18(25)23-17-10-9-15(11-16(17)21)22(3,19(26)27)24-20(28)29-13-14-7-5-4-6-8-14/h4-11H,12-13H2,1-3H3,(H,23,25)(H,24,28)(H,26,27). The predicted molar refractivity (Wildman–Crippen MR) is 107 cm³/mol. The van der Waals surface area contributed by atoms with Crippen molar-refractivity contribution in [2.24, 2.45) is 0 Å². The van der Waals surface area contributed by atoms with Gasteiger partial charge in [0.15, 0.2) is 5.54 Å². The van der Waals surface area contributed by atoms with Gasteiger partial charge in [-0.05, 0) is 29.7 Å². The Bertz CT molecular complexity index is 955. The van der Waals surface area contributed by atoms with E-state index in [0.717, 1.165) is 11.1 Å². The number of carbonyl (C=O) groups excluding carboxylic acids is 2. The molecule has 1 aliphatic heterocycles. The van der Waals surface area contributed by atoms with E-state index >= 15 is 0 Å². The van der Waals surface area contributed by atoms with Crippen LogP contribution in [0.2, 0.25) is 0 Å². The number of rotatable bonds is 5. The van der Waals surface area contributed by atoms with Crippen molar-refractivity contribution in [2.45, 2.75) is 44.8 Å². The summed E-state index contributed by atoms with van der Waals surface area (Å²) in [4.78, 5) is 36.3. The largest absolute Gasteiger partial charge is 0.479 e. The van der Waals surface area contributed by atoms with Crippen LogP contribution in [-0.2, 0) is 31.9 Å². The summed E-state index contributed by atoms with van der Waals surface area (Å²) in [6.45, 7) is 5.29. The minimum absolute atomic E-state index is 0.0334. The third kappa shape index (κ3) is 4.23. The number of carbonyl (C=O) groups is 3. The summed E-state index contributed by atoms with van der Waals surface area (Å²) in [6, 6.07) is 14.1. The van der Waals surface area contributed by atoms with E-state index in [1.165, 1.54) is 6.92 Å². The van der Waals surface area contributed by atoms with Gasteiger partial charge in [-0.15, -0.1) is 0 Å². The summed E-state index contributed by atoms with van der Waals surface area (Å²) in [5.74, 6) is -1.30. The van der Waals surface area contributed by atoms with Crippen molar-refractivity contribution in [1.82, 2.24) is 5.32 Å². The smallest absolute Gasteiger partial charge is 0.408 e. The molecule has 0 spiro atoms. The molecule has 0 radical (unpaired) electrons. The number of alkyl carbamates (subject to hydrolysis) is 1. The van der Waals surface area contributed by atoms with Crippen molar-refractivity contribution in [2.75, 3.05) is 5.32 Å². The first-order valence-corrected chi connectivity index (χ1v) is 9.29. The van der Waals surface area contributed by atoms with Crippen molar-refractivity contribution in [1.29, 1.82) is 0 Å². The Morgan fingerprint density at radius 2 is 1.90 bits per heavy atom. The molecular weight excluding hydrogens is 372 g/mol. The van der Waals surface area contributed by atoms with E-state index in [0.29, 0.717) is 17.7 Å². The van der Waals surface area contributed by atoms with Crippen molar-refractivity contribution in [3.8, 4) is 0 Å². The molecule has 7 heteroatoms. The lowest BCUT2D eigenvalue weighted by molar-refractivity contribution is -0.144. The minimum atomic E-state index is -1.69. The number of hydrogen-bond donors (Lipinski definition) is 3. The van der Waals surface area contributed by atoms with Gasteiger partial charge in [-0.3, -0.25) is 4.79 Å². The Morgan fingerprint density at radius 3 is 2.55 bits per heavy atom. The fourth-order valence-corrected chi connectivity index (χ4v) is 3.43. The summed E-state index contributed by atoms with van der Waals surface area (Å²) < 4.78 is 5.19. The van der Waals surface area contributed by atoms with Gasteiger partial charge in [0, 0.05) is 17.5 Å². The first kappa shape index (κ1) is 20.4. The molecule has 3 rings (SSSR count). The van der Waals surface area contributed by atoms with Crippen LogP contribution in [0, 0.1) is 0 Å². The number of nitrogens with one attached hydrogen (secondary N) is 2. The second kappa shape index (κ2) is 7.58. The molecule has 0 aliphatic carbocycles. The predicted octanol–water partition coefficient (Wildman–Crippen LogP) is 3.53. The van der Waals surface area contributed by atoms with Crippen LogP contribution in [0.4, 0.5) is 10.5 Å². The molecule has 1 aliphatic rings. The molecule has 7 nitrogen and oxygen atoms in total. The highest BCUT2D eigenvalue weighted by molar-refractivity contribution is 5.96. The Hall–Kier alpha value is -3.35. The molecule has 0 fully saturated rings. The fourth-order valence-electron chi connectivity index (χ4n) is 3.43. The van der Waals surface area contributed by atoms with Crippen LogP contribution in [0.15, 0.2) is 48.5 Å². The number of benzene rings is 2. The summed E-state index contributed by atoms with van der Waals surface area (Å²) >= 11 is 0. The highest BCUT2D eigenvalue weighted by Crippen LogP contribution is 2.39. The molecular formula is C22H24N2O5. The maximum Gasteiger partial charge on any atom is 0.408 e. The molecule has 1 atom stereocenters. The summed E-state index contributed by atoms with van der Waals surface area (Å²) in [6.07, 6.45) is -0.538. The normalized spacial score (nSPS) is 16.7. The number of fused-ring (bicyclic) bond motifs is 1. The molecule has 29 heavy (non-hydrogen) atoms. The first-order valence-electron chi connectivity index (χ1n) is 9.29. The van der Waals surface area contributed by atoms with E-state index in [1.807, 2.05) is 44.2 Å². The fraction of sp³-hybridized carbons (Fsp3) is 0.318. The van der Waals surface area contributed by atoms with E-state index in [-0.39, 0.29) is 12.5 Å². The number of amides is 2. The van der Waals surface area contributed by atoms with Gasteiger partial charge in [0.2, 0.25) is 5.91 Å².